The summed E-state index contributed by atoms with van der Waals surface area (Å²) in [7, 11) is 1.61. The molecule has 5 nitrogen and oxygen atoms in total. The van der Waals surface area contributed by atoms with Crippen LogP contribution in [0.2, 0.25) is 0 Å². The molecule has 0 spiro atoms. The molecule has 0 saturated heterocycles. The van der Waals surface area contributed by atoms with Gasteiger partial charge in [0.25, 0.3) is 0 Å². The number of H-pyrrole nitrogens is 1. The van der Waals surface area contributed by atoms with Gasteiger partial charge in [0.2, 0.25) is 0 Å². The Morgan fingerprint density at radius 3 is 3.00 bits per heavy atom. The van der Waals surface area contributed by atoms with Crippen molar-refractivity contribution in [1.82, 2.24) is 10.2 Å². The lowest BCUT2D eigenvalue weighted by Crippen LogP contribution is -1.89. The van der Waals surface area contributed by atoms with Crippen molar-refractivity contribution >= 4 is 16.8 Å². The second-order valence-corrected chi connectivity index (χ2v) is 3.71. The fourth-order valence-corrected chi connectivity index (χ4v) is 1.88. The lowest BCUT2D eigenvalue weighted by molar-refractivity contribution is 0.410. The molecule has 0 radical (unpaired) electrons. The Kier molecular flexibility index (Phi) is 2.04. The van der Waals surface area contributed by atoms with Gasteiger partial charge in [0, 0.05) is 10.9 Å². The summed E-state index contributed by atoms with van der Waals surface area (Å²) in [6.45, 7) is 0. The zero-order valence-electron chi connectivity index (χ0n) is 9.23. The van der Waals surface area contributed by atoms with E-state index in [1.54, 1.807) is 19.6 Å². The summed E-state index contributed by atoms with van der Waals surface area (Å²) >= 11 is 0. The maximum atomic E-state index is 5.80. The van der Waals surface area contributed by atoms with Gasteiger partial charge < -0.3 is 14.9 Å². The zero-order valence-corrected chi connectivity index (χ0v) is 9.23. The maximum Gasteiger partial charge on any atom is 0.175 e. The van der Waals surface area contributed by atoms with E-state index in [4.69, 9.17) is 14.9 Å². The number of nitrogen functional groups attached to an aromatic ring is 1. The van der Waals surface area contributed by atoms with Crippen LogP contribution >= 0.6 is 0 Å². The number of nitrogens with one attached hydrogen (secondary N) is 1. The molecule has 0 saturated carbocycles. The number of hydrogen-bond acceptors (Lipinski definition) is 4. The Hall–Kier alpha value is -2.43. The molecule has 0 aliphatic carbocycles. The van der Waals surface area contributed by atoms with Crippen molar-refractivity contribution in [3.05, 3.63) is 30.7 Å². The van der Waals surface area contributed by atoms with Crippen LogP contribution < -0.4 is 10.5 Å². The molecule has 2 heterocycles. The topological polar surface area (TPSA) is 77.1 Å². The minimum atomic E-state index is 0.537. The number of rotatable bonds is 2. The van der Waals surface area contributed by atoms with Crippen molar-refractivity contribution in [1.29, 1.82) is 0 Å². The summed E-state index contributed by atoms with van der Waals surface area (Å²) in [5, 5.41) is 7.59. The highest BCUT2D eigenvalue weighted by molar-refractivity contribution is 5.90. The predicted molar refractivity (Wildman–Crippen MR) is 64.8 cm³/mol. The van der Waals surface area contributed by atoms with Gasteiger partial charge >= 0.3 is 0 Å². The van der Waals surface area contributed by atoms with Crippen LogP contribution in [0.3, 0.4) is 0 Å². The van der Waals surface area contributed by atoms with Gasteiger partial charge in [-0.05, 0) is 23.8 Å². The van der Waals surface area contributed by atoms with Crippen molar-refractivity contribution in [3.8, 4) is 16.9 Å². The molecule has 0 bridgehead atoms. The number of anilines is 1. The van der Waals surface area contributed by atoms with Gasteiger partial charge in [-0.2, -0.15) is 5.10 Å². The number of aromatic amines is 1. The third-order valence-electron chi connectivity index (χ3n) is 2.72. The fraction of sp³-hybridized carbons (Fsp3) is 0.0833. The molecule has 2 aromatic heterocycles. The molecule has 0 aliphatic rings. The molecule has 3 rings (SSSR count). The highest BCUT2D eigenvalue weighted by atomic mass is 16.5. The third-order valence-corrected chi connectivity index (χ3v) is 2.72. The summed E-state index contributed by atoms with van der Waals surface area (Å²) in [6.07, 6.45) is 3.33. The van der Waals surface area contributed by atoms with Crippen LogP contribution in [0.25, 0.3) is 22.1 Å². The minimum Gasteiger partial charge on any atom is -0.493 e. The highest BCUT2D eigenvalue weighted by Gasteiger charge is 2.11. The van der Waals surface area contributed by atoms with Gasteiger partial charge in [0.1, 0.15) is 5.82 Å². The summed E-state index contributed by atoms with van der Waals surface area (Å²) in [4.78, 5) is 0. The Morgan fingerprint density at radius 2 is 2.29 bits per heavy atom. The van der Waals surface area contributed by atoms with Crippen LogP contribution in [0.15, 0.2) is 35.1 Å². The molecule has 0 unspecified atom stereocenters. The SMILES string of the molecule is COc1cc(-c2cn[nH]c2N)cc2ccoc12. The number of benzene rings is 1. The number of methoxy groups -OCH3 is 1. The lowest BCUT2D eigenvalue weighted by Gasteiger charge is -2.04. The average molecular weight is 229 g/mol. The molecule has 5 heteroatoms. The van der Waals surface area contributed by atoms with E-state index < -0.39 is 0 Å². The highest BCUT2D eigenvalue weighted by Crippen LogP contribution is 2.34. The van der Waals surface area contributed by atoms with E-state index in [1.165, 1.54) is 0 Å². The molecule has 17 heavy (non-hydrogen) atoms. The fourth-order valence-electron chi connectivity index (χ4n) is 1.88. The Morgan fingerprint density at radius 1 is 1.41 bits per heavy atom. The van der Waals surface area contributed by atoms with Crippen LogP contribution in [0, 0.1) is 0 Å². The van der Waals surface area contributed by atoms with Crippen molar-refractivity contribution in [2.24, 2.45) is 0 Å². The van der Waals surface area contributed by atoms with Gasteiger partial charge in [-0.15, -0.1) is 0 Å². The van der Waals surface area contributed by atoms with Crippen LogP contribution in [0.4, 0.5) is 5.82 Å². The molecule has 0 fully saturated rings. The minimum absolute atomic E-state index is 0.537. The van der Waals surface area contributed by atoms with E-state index >= 15 is 0 Å². The Bertz CT molecular complexity index is 669. The molecular formula is C12H11N3O2. The molecule has 0 amide bonds. The van der Waals surface area contributed by atoms with Gasteiger partial charge in [-0.25, -0.2) is 0 Å². The van der Waals surface area contributed by atoms with Gasteiger partial charge in [-0.3, -0.25) is 5.10 Å². The monoisotopic (exact) mass is 229 g/mol. The number of furan rings is 1. The maximum absolute atomic E-state index is 5.80. The van der Waals surface area contributed by atoms with E-state index in [2.05, 4.69) is 10.2 Å². The van der Waals surface area contributed by atoms with Crippen molar-refractivity contribution < 1.29 is 9.15 Å². The van der Waals surface area contributed by atoms with Crippen molar-refractivity contribution in [3.63, 3.8) is 0 Å². The summed E-state index contributed by atoms with van der Waals surface area (Å²) in [6, 6.07) is 5.76. The smallest absolute Gasteiger partial charge is 0.175 e. The van der Waals surface area contributed by atoms with E-state index in [1.807, 2.05) is 18.2 Å². The van der Waals surface area contributed by atoms with Crippen molar-refractivity contribution in [2.45, 2.75) is 0 Å². The molecule has 1 aromatic carbocycles. The third kappa shape index (κ3) is 1.44. The first kappa shape index (κ1) is 9.77. The van der Waals surface area contributed by atoms with Gasteiger partial charge in [-0.1, -0.05) is 0 Å². The lowest BCUT2D eigenvalue weighted by atomic mass is 10.1. The van der Waals surface area contributed by atoms with Gasteiger partial charge in [0.15, 0.2) is 11.3 Å². The molecule has 3 N–H and O–H groups in total. The quantitative estimate of drug-likeness (QED) is 0.707. The number of nitrogens with two attached hydrogens (primary N) is 1. The predicted octanol–water partition coefficient (Wildman–Crippen LogP) is 2.41. The average Bonchev–Trinajstić information content (AvgIpc) is 2.95. The number of hydrogen-bond donors (Lipinski definition) is 2. The van der Waals surface area contributed by atoms with E-state index in [9.17, 15) is 0 Å². The summed E-state index contributed by atoms with van der Waals surface area (Å²) < 4.78 is 10.7. The largest absolute Gasteiger partial charge is 0.493 e. The molecule has 0 aliphatic heterocycles. The summed E-state index contributed by atoms with van der Waals surface area (Å²) in [5.41, 5.74) is 8.34. The second kappa shape index (κ2) is 3.55. The Labute approximate surface area is 97.2 Å². The molecule has 0 atom stereocenters. The first-order chi connectivity index (χ1) is 8.29. The number of nitrogens with zero attached hydrogens (tertiary/aromatic N) is 1. The second-order valence-electron chi connectivity index (χ2n) is 3.71. The standard InChI is InChI=1S/C12H11N3O2/c1-16-10-5-8(9-6-14-15-12(9)13)4-7-2-3-17-11(7)10/h2-6H,1H3,(H3,13,14,15). The molecule has 3 aromatic rings. The normalized spacial score (nSPS) is 10.9. The van der Waals surface area contributed by atoms with Crippen molar-refractivity contribution in [2.75, 3.05) is 12.8 Å². The summed E-state index contributed by atoms with van der Waals surface area (Å²) in [5.74, 6) is 1.22. The number of aromatic nitrogens is 2. The van der Waals surface area contributed by atoms with E-state index in [0.717, 1.165) is 22.1 Å². The first-order valence-electron chi connectivity index (χ1n) is 5.14. The van der Waals surface area contributed by atoms with Crippen LogP contribution in [-0.2, 0) is 0 Å². The zero-order chi connectivity index (χ0) is 11.8. The van der Waals surface area contributed by atoms with E-state index in [0.29, 0.717) is 11.6 Å². The van der Waals surface area contributed by atoms with Crippen LogP contribution in [0.1, 0.15) is 0 Å². The molecular weight excluding hydrogens is 218 g/mol. The van der Waals surface area contributed by atoms with E-state index in [-0.39, 0.29) is 0 Å². The number of ether oxygens (including phenoxy) is 1. The molecule has 86 valence electrons. The first-order valence-corrected chi connectivity index (χ1v) is 5.14. The van der Waals surface area contributed by atoms with Gasteiger partial charge in [0.05, 0.1) is 19.6 Å². The Balaban J connectivity index is 2.27. The van der Waals surface area contributed by atoms with Crippen LogP contribution in [-0.4, -0.2) is 17.3 Å². The number of fused-ring (bicyclic) bond motifs is 1. The van der Waals surface area contributed by atoms with Crippen LogP contribution in [0.5, 0.6) is 5.75 Å².